The Balaban J connectivity index is 1.63. The van der Waals surface area contributed by atoms with Crippen LogP contribution in [0.3, 0.4) is 0 Å². The molecule has 10 heteroatoms. The number of hydrogen-bond acceptors (Lipinski definition) is 7. The van der Waals surface area contributed by atoms with E-state index in [4.69, 9.17) is 10.5 Å². The van der Waals surface area contributed by atoms with E-state index in [-0.39, 0.29) is 30.4 Å². The van der Waals surface area contributed by atoms with Crippen molar-refractivity contribution >= 4 is 11.5 Å². The summed E-state index contributed by atoms with van der Waals surface area (Å²) in [5, 5.41) is 10.2. The molecule has 0 spiro atoms. The van der Waals surface area contributed by atoms with Crippen LogP contribution in [0.15, 0.2) is 42.7 Å². The molecule has 1 fully saturated rings. The number of Topliss-reactive ketones (excluding diaryl/α,β-unsaturated/α-hetero) is 1. The quantitative estimate of drug-likeness (QED) is 0.479. The Morgan fingerprint density at radius 2 is 1.89 bits per heavy atom. The average Bonchev–Trinajstić information content (AvgIpc) is 2.83. The van der Waals surface area contributed by atoms with Crippen LogP contribution in [0.2, 0.25) is 0 Å². The molecule has 1 aliphatic rings. The van der Waals surface area contributed by atoms with Gasteiger partial charge in [0.05, 0.1) is 18.3 Å². The van der Waals surface area contributed by atoms with Gasteiger partial charge in [-0.3, -0.25) is 9.78 Å². The number of nitrogens with zero attached hydrogens (tertiary/aromatic N) is 3. The van der Waals surface area contributed by atoms with Crippen molar-refractivity contribution in [3.8, 4) is 17.0 Å². The first-order valence-electron chi connectivity index (χ1n) is 11.6. The Kier molecular flexibility index (Phi) is 7.56. The lowest BCUT2D eigenvalue weighted by Gasteiger charge is -2.40. The lowest BCUT2D eigenvalue weighted by Crippen LogP contribution is -2.55. The smallest absolute Gasteiger partial charge is 0.185 e. The number of benzene rings is 1. The number of nitrogens with two attached hydrogens (primary N) is 1. The van der Waals surface area contributed by atoms with Crippen molar-refractivity contribution in [2.24, 2.45) is 11.7 Å². The second-order valence-electron chi connectivity index (χ2n) is 8.86. The van der Waals surface area contributed by atoms with Gasteiger partial charge in [0, 0.05) is 67.2 Å². The van der Waals surface area contributed by atoms with Crippen molar-refractivity contribution in [3.05, 3.63) is 71.4 Å². The summed E-state index contributed by atoms with van der Waals surface area (Å²) in [6.07, 6.45) is 2.39. The zero-order valence-corrected chi connectivity index (χ0v) is 19.9. The number of piperidine rings is 1. The lowest BCUT2D eigenvalue weighted by atomic mass is 9.92. The molecular weight excluding hydrogens is 473 g/mol. The van der Waals surface area contributed by atoms with E-state index in [1.165, 1.54) is 6.07 Å². The molecular formula is C26H27F3N4O3. The van der Waals surface area contributed by atoms with E-state index in [9.17, 15) is 23.1 Å². The third-order valence-electron chi connectivity index (χ3n) is 6.23. The Hall–Kier alpha value is -3.50. The summed E-state index contributed by atoms with van der Waals surface area (Å²) in [5.74, 6) is -3.67. The molecule has 3 N–H and O–H groups in total. The van der Waals surface area contributed by atoms with Crippen molar-refractivity contribution in [3.63, 3.8) is 0 Å². The van der Waals surface area contributed by atoms with Crippen molar-refractivity contribution in [1.82, 2.24) is 9.97 Å². The third-order valence-corrected chi connectivity index (χ3v) is 6.23. The third kappa shape index (κ3) is 5.19. The first-order chi connectivity index (χ1) is 17.2. The van der Waals surface area contributed by atoms with Crippen LogP contribution in [0.1, 0.15) is 29.9 Å². The maximum Gasteiger partial charge on any atom is 0.185 e. The topological polar surface area (TPSA) is 102 Å². The minimum Gasteiger partial charge on any atom is -0.494 e. The van der Waals surface area contributed by atoms with Gasteiger partial charge in [-0.05, 0) is 25.1 Å². The summed E-state index contributed by atoms with van der Waals surface area (Å²) in [4.78, 5) is 23.2. The van der Waals surface area contributed by atoms with Gasteiger partial charge in [0.1, 0.15) is 34.6 Å². The largest absolute Gasteiger partial charge is 0.494 e. The Bertz CT molecular complexity index is 1240. The molecule has 2 aromatic heterocycles. The molecule has 36 heavy (non-hydrogen) atoms. The van der Waals surface area contributed by atoms with E-state index in [2.05, 4.69) is 9.97 Å². The van der Waals surface area contributed by atoms with Gasteiger partial charge in [0.2, 0.25) is 0 Å². The molecule has 0 bridgehead atoms. The highest BCUT2D eigenvalue weighted by molar-refractivity contribution is 5.97. The second-order valence-corrected chi connectivity index (χ2v) is 8.86. The summed E-state index contributed by atoms with van der Waals surface area (Å²) in [7, 11) is 0. The van der Waals surface area contributed by atoms with E-state index in [0.29, 0.717) is 18.7 Å². The number of rotatable bonds is 7. The van der Waals surface area contributed by atoms with Crippen LogP contribution in [-0.2, 0) is 6.42 Å². The van der Waals surface area contributed by atoms with Crippen molar-refractivity contribution in [1.29, 1.82) is 0 Å². The molecule has 190 valence electrons. The molecule has 0 aliphatic carbocycles. The minimum atomic E-state index is -1.05. The molecule has 0 saturated carbocycles. The summed E-state index contributed by atoms with van der Waals surface area (Å²) >= 11 is 0. The molecule has 1 aromatic carbocycles. The fourth-order valence-electron chi connectivity index (χ4n) is 4.44. The van der Waals surface area contributed by atoms with Crippen LogP contribution in [0.25, 0.3) is 11.3 Å². The van der Waals surface area contributed by atoms with Gasteiger partial charge in [0.25, 0.3) is 0 Å². The summed E-state index contributed by atoms with van der Waals surface area (Å²) in [6.45, 7) is 4.69. The first-order valence-corrected chi connectivity index (χ1v) is 11.6. The van der Waals surface area contributed by atoms with Gasteiger partial charge in [-0.25, -0.2) is 18.2 Å². The van der Waals surface area contributed by atoms with Crippen LogP contribution in [-0.4, -0.2) is 52.7 Å². The number of carbonyl (C=O) groups is 1. The number of ether oxygens (including phenoxy) is 1. The maximum absolute atomic E-state index is 14.7. The number of anilines is 1. The Morgan fingerprint density at radius 3 is 2.56 bits per heavy atom. The molecule has 7 nitrogen and oxygen atoms in total. The van der Waals surface area contributed by atoms with Gasteiger partial charge in [-0.2, -0.15) is 0 Å². The highest BCUT2D eigenvalue weighted by Crippen LogP contribution is 2.31. The van der Waals surface area contributed by atoms with Gasteiger partial charge >= 0.3 is 0 Å². The fourth-order valence-corrected chi connectivity index (χ4v) is 4.44. The number of halogens is 3. The highest BCUT2D eigenvalue weighted by Gasteiger charge is 2.32. The molecule has 3 atom stereocenters. The number of aliphatic hydroxyl groups excluding tert-OH is 1. The summed E-state index contributed by atoms with van der Waals surface area (Å²) < 4.78 is 49.0. The minimum absolute atomic E-state index is 0.0349. The number of ketones is 1. The summed E-state index contributed by atoms with van der Waals surface area (Å²) in [6, 6.07) is 5.33. The van der Waals surface area contributed by atoms with Crippen LogP contribution < -0.4 is 15.4 Å². The molecule has 4 rings (SSSR count). The average molecular weight is 501 g/mol. The van der Waals surface area contributed by atoms with Gasteiger partial charge in [0.15, 0.2) is 5.78 Å². The van der Waals surface area contributed by atoms with Crippen molar-refractivity contribution < 1.29 is 27.8 Å². The van der Waals surface area contributed by atoms with E-state index < -0.39 is 46.6 Å². The SMILES string of the molecule is CCOc1cc(F)c(-c2nc(C(=O)Cc3cnccc3N3C[C@@H](N)[C@H](O)[C@@H](C)C3)ccc2F)c(F)c1. The van der Waals surface area contributed by atoms with E-state index in [0.717, 1.165) is 23.9 Å². The Morgan fingerprint density at radius 1 is 1.17 bits per heavy atom. The van der Waals surface area contributed by atoms with Crippen molar-refractivity contribution in [2.45, 2.75) is 32.4 Å². The number of hydrogen-bond donors (Lipinski definition) is 2. The maximum atomic E-state index is 14.7. The van der Waals surface area contributed by atoms with Crippen LogP contribution in [0.5, 0.6) is 5.75 Å². The highest BCUT2D eigenvalue weighted by atomic mass is 19.1. The fraction of sp³-hybridized carbons (Fsp3) is 0.346. The molecule has 1 aliphatic heterocycles. The lowest BCUT2D eigenvalue weighted by molar-refractivity contribution is 0.0784. The molecule has 0 unspecified atom stereocenters. The van der Waals surface area contributed by atoms with Gasteiger partial charge < -0.3 is 20.5 Å². The molecule has 0 radical (unpaired) electrons. The van der Waals surface area contributed by atoms with Crippen LogP contribution in [0.4, 0.5) is 18.9 Å². The number of pyridine rings is 2. The molecule has 1 saturated heterocycles. The zero-order valence-electron chi connectivity index (χ0n) is 19.9. The number of aliphatic hydroxyl groups is 1. The van der Waals surface area contributed by atoms with E-state index in [1.807, 2.05) is 11.8 Å². The van der Waals surface area contributed by atoms with Gasteiger partial charge in [-0.15, -0.1) is 0 Å². The van der Waals surface area contributed by atoms with E-state index in [1.54, 1.807) is 25.4 Å². The second kappa shape index (κ2) is 10.6. The van der Waals surface area contributed by atoms with E-state index >= 15 is 0 Å². The first kappa shape index (κ1) is 25.6. The zero-order chi connectivity index (χ0) is 26.0. The Labute approximate surface area is 206 Å². The van der Waals surface area contributed by atoms with Crippen LogP contribution >= 0.6 is 0 Å². The molecule has 3 heterocycles. The number of aromatic nitrogens is 2. The predicted octanol–water partition coefficient (Wildman–Crippen LogP) is 3.53. The molecule has 0 amide bonds. The normalized spacial score (nSPS) is 19.9. The summed E-state index contributed by atoms with van der Waals surface area (Å²) in [5.41, 5.74) is 5.98. The van der Waals surface area contributed by atoms with Gasteiger partial charge in [-0.1, -0.05) is 6.92 Å². The number of carbonyl (C=O) groups excluding carboxylic acids is 1. The van der Waals surface area contributed by atoms with Crippen LogP contribution in [0, 0.1) is 23.4 Å². The predicted molar refractivity (Wildman–Crippen MR) is 128 cm³/mol. The standard InChI is InChI=1S/C26H27F3N4O3/c1-3-36-16-9-18(28)24(19(29)10-16)25-17(27)4-5-21(32-25)23(34)8-15-11-31-7-6-22(15)33-12-14(2)26(35)20(30)13-33/h4-7,9-11,14,20,26,35H,3,8,12-13,30H2,1-2H3/t14-,20+,26+/m0/s1. The van der Waals surface area contributed by atoms with Crippen molar-refractivity contribution in [2.75, 3.05) is 24.6 Å². The molecule has 3 aromatic rings. The monoisotopic (exact) mass is 500 g/mol.